The molecule has 0 amide bonds. The van der Waals surface area contributed by atoms with Crippen molar-refractivity contribution in [3.05, 3.63) is 24.3 Å². The summed E-state index contributed by atoms with van der Waals surface area (Å²) < 4.78 is 5.06. The topological polar surface area (TPSA) is 60.2 Å². The van der Waals surface area contributed by atoms with Crippen LogP contribution in [0.4, 0.5) is 11.5 Å². The van der Waals surface area contributed by atoms with E-state index in [9.17, 15) is 0 Å². The molecule has 0 aliphatic heterocycles. The van der Waals surface area contributed by atoms with Gasteiger partial charge in [0.05, 0.1) is 12.8 Å². The highest BCUT2D eigenvalue weighted by atomic mass is 16.5. The Morgan fingerprint density at radius 1 is 1.40 bits per heavy atom. The van der Waals surface area contributed by atoms with E-state index in [2.05, 4.69) is 22.5 Å². The number of hydrogen-bond donors (Lipinski definition) is 2. The van der Waals surface area contributed by atoms with E-state index in [4.69, 9.17) is 10.5 Å². The molecule has 3 N–H and O–H groups in total. The summed E-state index contributed by atoms with van der Waals surface area (Å²) in [5.74, 6) is 1.29. The maximum absolute atomic E-state index is 5.68. The van der Waals surface area contributed by atoms with Crippen LogP contribution in [0.5, 0.6) is 5.88 Å². The summed E-state index contributed by atoms with van der Waals surface area (Å²) in [5, 5.41) is 3.33. The minimum atomic E-state index is 0.450. The van der Waals surface area contributed by atoms with Crippen molar-refractivity contribution < 1.29 is 4.74 Å². The molecule has 1 aromatic heterocycles. The number of rotatable bonds is 3. The van der Waals surface area contributed by atoms with Gasteiger partial charge in [-0.1, -0.05) is 12.2 Å². The summed E-state index contributed by atoms with van der Waals surface area (Å²) in [6.07, 6.45) is 6.45. The first-order valence-corrected chi connectivity index (χ1v) is 5.01. The Bertz CT molecular complexity index is 368. The van der Waals surface area contributed by atoms with Crippen LogP contribution in [-0.4, -0.2) is 18.1 Å². The van der Waals surface area contributed by atoms with Crippen LogP contribution in [0.3, 0.4) is 0 Å². The molecule has 80 valence electrons. The largest absolute Gasteiger partial charge is 0.479 e. The van der Waals surface area contributed by atoms with E-state index in [1.54, 1.807) is 13.2 Å². The van der Waals surface area contributed by atoms with Gasteiger partial charge in [0.1, 0.15) is 5.82 Å². The number of anilines is 2. The predicted octanol–water partition coefficient (Wildman–Crippen LogP) is 1.80. The minimum Gasteiger partial charge on any atom is -0.479 e. The van der Waals surface area contributed by atoms with Crippen molar-refractivity contribution >= 4 is 11.5 Å². The van der Waals surface area contributed by atoms with Crippen LogP contribution in [0.2, 0.25) is 0 Å². The lowest BCUT2D eigenvalue weighted by Gasteiger charge is -2.13. The van der Waals surface area contributed by atoms with Crippen molar-refractivity contribution in [1.82, 2.24) is 4.98 Å². The lowest BCUT2D eigenvalue weighted by atomic mass is 10.2. The van der Waals surface area contributed by atoms with Crippen LogP contribution in [0, 0.1) is 0 Å². The minimum absolute atomic E-state index is 0.450. The van der Waals surface area contributed by atoms with Gasteiger partial charge in [0, 0.05) is 6.04 Å². The molecule has 0 unspecified atom stereocenters. The third kappa shape index (κ3) is 2.21. The van der Waals surface area contributed by atoms with E-state index in [1.807, 2.05) is 6.07 Å². The number of hydrogen-bond acceptors (Lipinski definition) is 4. The number of methoxy groups -OCH3 is 1. The van der Waals surface area contributed by atoms with Gasteiger partial charge < -0.3 is 15.8 Å². The molecule has 4 nitrogen and oxygen atoms in total. The summed E-state index contributed by atoms with van der Waals surface area (Å²) in [4.78, 5) is 4.27. The average molecular weight is 205 g/mol. The molecular weight excluding hydrogens is 190 g/mol. The van der Waals surface area contributed by atoms with Crippen molar-refractivity contribution in [1.29, 1.82) is 0 Å². The highest BCUT2D eigenvalue weighted by molar-refractivity contribution is 5.53. The Kier molecular flexibility index (Phi) is 2.76. The first-order chi connectivity index (χ1) is 7.29. The van der Waals surface area contributed by atoms with E-state index in [-0.39, 0.29) is 0 Å². The fourth-order valence-electron chi connectivity index (χ4n) is 1.64. The summed E-state index contributed by atoms with van der Waals surface area (Å²) in [6, 6.07) is 4.12. The van der Waals surface area contributed by atoms with Gasteiger partial charge in [-0.2, -0.15) is 4.98 Å². The fourth-order valence-corrected chi connectivity index (χ4v) is 1.64. The van der Waals surface area contributed by atoms with Crippen molar-refractivity contribution in [2.75, 3.05) is 18.2 Å². The number of nitrogens with one attached hydrogen (secondary N) is 1. The van der Waals surface area contributed by atoms with Gasteiger partial charge in [-0.25, -0.2) is 0 Å². The van der Waals surface area contributed by atoms with Crippen LogP contribution in [-0.2, 0) is 0 Å². The third-order valence-electron chi connectivity index (χ3n) is 2.44. The maximum Gasteiger partial charge on any atom is 0.238 e. The molecule has 1 aromatic rings. The van der Waals surface area contributed by atoms with Crippen LogP contribution < -0.4 is 15.8 Å². The molecule has 2 rings (SSSR count). The van der Waals surface area contributed by atoms with E-state index in [1.165, 1.54) is 0 Å². The number of nitrogens with two attached hydrogens (primary N) is 1. The van der Waals surface area contributed by atoms with Crippen molar-refractivity contribution in [3.8, 4) is 5.88 Å². The zero-order chi connectivity index (χ0) is 10.7. The summed E-state index contributed by atoms with van der Waals surface area (Å²) in [5.41, 5.74) is 6.24. The quantitative estimate of drug-likeness (QED) is 0.739. The van der Waals surface area contributed by atoms with Crippen molar-refractivity contribution in [2.45, 2.75) is 18.9 Å². The van der Waals surface area contributed by atoms with Gasteiger partial charge in [0.2, 0.25) is 5.88 Å². The number of nitrogens with zero attached hydrogens (tertiary/aromatic N) is 1. The molecule has 0 spiro atoms. The van der Waals surface area contributed by atoms with E-state index in [0.717, 1.165) is 18.7 Å². The van der Waals surface area contributed by atoms with Crippen LogP contribution in [0.25, 0.3) is 0 Å². The van der Waals surface area contributed by atoms with E-state index in [0.29, 0.717) is 17.6 Å². The van der Waals surface area contributed by atoms with Crippen LogP contribution in [0.15, 0.2) is 24.3 Å². The molecule has 4 heteroatoms. The number of pyridine rings is 1. The monoisotopic (exact) mass is 205 g/mol. The van der Waals surface area contributed by atoms with Gasteiger partial charge >= 0.3 is 0 Å². The van der Waals surface area contributed by atoms with Crippen molar-refractivity contribution in [2.24, 2.45) is 0 Å². The molecule has 0 saturated carbocycles. The lowest BCUT2D eigenvalue weighted by Crippen LogP contribution is -2.16. The second-order valence-electron chi connectivity index (χ2n) is 3.58. The Labute approximate surface area is 89.1 Å². The fraction of sp³-hybridized carbons (Fsp3) is 0.364. The summed E-state index contributed by atoms with van der Waals surface area (Å²) in [7, 11) is 1.57. The van der Waals surface area contributed by atoms with Gasteiger partial charge in [0.25, 0.3) is 0 Å². The summed E-state index contributed by atoms with van der Waals surface area (Å²) in [6.45, 7) is 0. The van der Waals surface area contributed by atoms with Gasteiger partial charge in [-0.15, -0.1) is 0 Å². The predicted molar refractivity (Wildman–Crippen MR) is 61.0 cm³/mol. The zero-order valence-electron chi connectivity index (χ0n) is 8.73. The third-order valence-corrected chi connectivity index (χ3v) is 2.44. The first kappa shape index (κ1) is 9.83. The molecule has 0 saturated heterocycles. The average Bonchev–Trinajstić information content (AvgIpc) is 2.73. The zero-order valence-corrected chi connectivity index (χ0v) is 8.73. The Hall–Kier alpha value is -1.71. The number of nitrogen functional groups attached to an aromatic ring is 1. The molecule has 0 fully saturated rings. The van der Waals surface area contributed by atoms with E-state index < -0.39 is 0 Å². The Morgan fingerprint density at radius 2 is 2.13 bits per heavy atom. The maximum atomic E-state index is 5.68. The summed E-state index contributed by atoms with van der Waals surface area (Å²) >= 11 is 0. The van der Waals surface area contributed by atoms with Crippen molar-refractivity contribution in [3.63, 3.8) is 0 Å². The van der Waals surface area contributed by atoms with Gasteiger partial charge in [0.15, 0.2) is 0 Å². The van der Waals surface area contributed by atoms with Gasteiger partial charge in [-0.3, -0.25) is 0 Å². The molecule has 0 aromatic carbocycles. The van der Waals surface area contributed by atoms with E-state index >= 15 is 0 Å². The molecule has 1 aliphatic rings. The molecule has 0 atom stereocenters. The highest BCUT2D eigenvalue weighted by Gasteiger charge is 2.11. The second-order valence-corrected chi connectivity index (χ2v) is 3.58. The lowest BCUT2D eigenvalue weighted by molar-refractivity contribution is 0.400. The normalized spacial score (nSPS) is 15.5. The van der Waals surface area contributed by atoms with Gasteiger partial charge in [-0.05, 0) is 25.0 Å². The standard InChI is InChI=1S/C11H15N3O/c1-15-11-9(12)6-7-10(14-11)13-8-4-2-3-5-8/h2-3,6-8H,4-5,12H2,1H3,(H,13,14). The molecular formula is C11H15N3O. The number of aromatic nitrogens is 1. The van der Waals surface area contributed by atoms with Crippen LogP contribution in [0.1, 0.15) is 12.8 Å². The molecule has 15 heavy (non-hydrogen) atoms. The first-order valence-electron chi connectivity index (χ1n) is 5.01. The molecule has 0 bridgehead atoms. The number of ether oxygens (including phenoxy) is 1. The molecule has 1 aliphatic carbocycles. The smallest absolute Gasteiger partial charge is 0.238 e. The highest BCUT2D eigenvalue weighted by Crippen LogP contribution is 2.22. The Balaban J connectivity index is 2.08. The second kappa shape index (κ2) is 4.21. The molecule has 1 heterocycles. The SMILES string of the molecule is COc1nc(NC2CC=CC2)ccc1N. The Morgan fingerprint density at radius 3 is 2.80 bits per heavy atom. The van der Waals surface area contributed by atoms with Crippen LogP contribution >= 0.6 is 0 Å². The molecule has 0 radical (unpaired) electrons.